The van der Waals surface area contributed by atoms with Crippen molar-refractivity contribution < 1.29 is 9.53 Å². The Morgan fingerprint density at radius 1 is 1.07 bits per heavy atom. The van der Waals surface area contributed by atoms with Crippen LogP contribution in [0.5, 0.6) is 5.75 Å². The lowest BCUT2D eigenvalue weighted by Crippen LogP contribution is -2.27. The Balaban J connectivity index is 1.13. The summed E-state index contributed by atoms with van der Waals surface area (Å²) in [5.41, 5.74) is 6.04. The molecule has 1 unspecified atom stereocenters. The van der Waals surface area contributed by atoms with Gasteiger partial charge >= 0.3 is 0 Å². The SMILES string of the molecule is COc1ccc(-c2cc(C(=O)NCCC3CN(c4ncnc5[nH]ncc45)c4ccccc43)c3cc(Br)ccc3n2)cc1. The molecule has 6 aromatic rings. The number of rotatable bonds is 7. The molecule has 0 aliphatic carbocycles. The van der Waals surface area contributed by atoms with Crippen molar-refractivity contribution in [2.75, 3.05) is 25.1 Å². The van der Waals surface area contributed by atoms with Gasteiger partial charge in [-0.1, -0.05) is 34.1 Å². The van der Waals surface area contributed by atoms with E-state index in [2.05, 4.69) is 64.5 Å². The number of pyridine rings is 1. The lowest BCUT2D eigenvalue weighted by atomic mass is 9.98. The lowest BCUT2D eigenvalue weighted by molar-refractivity contribution is 0.0954. The van der Waals surface area contributed by atoms with E-state index in [-0.39, 0.29) is 11.8 Å². The van der Waals surface area contributed by atoms with Crippen LogP contribution in [-0.2, 0) is 0 Å². The van der Waals surface area contributed by atoms with E-state index < -0.39 is 0 Å². The summed E-state index contributed by atoms with van der Waals surface area (Å²) in [6.07, 6.45) is 4.10. The first kappa shape index (κ1) is 26.1. The van der Waals surface area contributed by atoms with Gasteiger partial charge in [0.05, 0.1) is 35.5 Å². The van der Waals surface area contributed by atoms with Crippen LogP contribution >= 0.6 is 15.9 Å². The van der Waals surface area contributed by atoms with Gasteiger partial charge in [-0.15, -0.1) is 0 Å². The molecule has 10 heteroatoms. The number of fused-ring (bicyclic) bond motifs is 3. The minimum Gasteiger partial charge on any atom is -0.497 e. The Hall–Kier alpha value is -4.83. The van der Waals surface area contributed by atoms with Crippen LogP contribution in [-0.4, -0.2) is 51.3 Å². The Labute approximate surface area is 250 Å². The van der Waals surface area contributed by atoms with Gasteiger partial charge in [0.25, 0.3) is 5.91 Å². The Bertz CT molecular complexity index is 1940. The van der Waals surface area contributed by atoms with Gasteiger partial charge in [-0.25, -0.2) is 15.0 Å². The van der Waals surface area contributed by atoms with Crippen LogP contribution in [0.25, 0.3) is 33.2 Å². The molecule has 1 amide bonds. The zero-order chi connectivity index (χ0) is 28.6. The summed E-state index contributed by atoms with van der Waals surface area (Å²) >= 11 is 3.55. The number of halogens is 1. The van der Waals surface area contributed by atoms with Crippen LogP contribution < -0.4 is 15.0 Å². The number of carbonyl (C=O) groups excluding carboxylic acids is 1. The van der Waals surface area contributed by atoms with E-state index in [4.69, 9.17) is 9.72 Å². The highest BCUT2D eigenvalue weighted by atomic mass is 79.9. The van der Waals surface area contributed by atoms with Gasteiger partial charge in [-0.2, -0.15) is 5.10 Å². The largest absolute Gasteiger partial charge is 0.497 e. The molecule has 1 atom stereocenters. The molecular weight excluding hydrogens is 594 g/mol. The molecule has 0 fully saturated rings. The quantitative estimate of drug-likeness (QED) is 0.213. The van der Waals surface area contributed by atoms with Gasteiger partial charge in [0.1, 0.15) is 17.9 Å². The monoisotopic (exact) mass is 619 g/mol. The lowest BCUT2D eigenvalue weighted by Gasteiger charge is -2.19. The van der Waals surface area contributed by atoms with Crippen molar-refractivity contribution in [2.24, 2.45) is 0 Å². The summed E-state index contributed by atoms with van der Waals surface area (Å²) in [4.78, 5) is 29.6. The third kappa shape index (κ3) is 4.73. The summed E-state index contributed by atoms with van der Waals surface area (Å²) in [5, 5.41) is 11.9. The first-order valence-electron chi connectivity index (χ1n) is 13.6. The van der Waals surface area contributed by atoms with Crippen molar-refractivity contribution in [3.05, 3.63) is 101 Å². The van der Waals surface area contributed by atoms with E-state index in [0.29, 0.717) is 17.8 Å². The van der Waals surface area contributed by atoms with Crippen molar-refractivity contribution >= 4 is 55.3 Å². The van der Waals surface area contributed by atoms with Gasteiger partial charge in [0.2, 0.25) is 0 Å². The summed E-state index contributed by atoms with van der Waals surface area (Å²) in [6, 6.07) is 23.7. The number of benzene rings is 3. The highest BCUT2D eigenvalue weighted by molar-refractivity contribution is 9.10. The molecule has 3 aromatic carbocycles. The molecule has 4 heterocycles. The number of aromatic amines is 1. The normalized spacial score (nSPS) is 14.3. The molecule has 1 aliphatic rings. The average Bonchev–Trinajstić information content (AvgIpc) is 3.66. The van der Waals surface area contributed by atoms with Crippen LogP contribution in [0.1, 0.15) is 28.3 Å². The van der Waals surface area contributed by atoms with Gasteiger partial charge in [0.15, 0.2) is 5.65 Å². The van der Waals surface area contributed by atoms with Gasteiger partial charge in [0, 0.05) is 40.1 Å². The van der Waals surface area contributed by atoms with E-state index >= 15 is 0 Å². The molecule has 9 nitrogen and oxygen atoms in total. The van der Waals surface area contributed by atoms with Crippen molar-refractivity contribution in [3.8, 4) is 17.0 Å². The molecule has 0 saturated carbocycles. The molecule has 0 radical (unpaired) electrons. The fourth-order valence-electron chi connectivity index (χ4n) is 5.66. The zero-order valence-electron chi connectivity index (χ0n) is 22.7. The van der Waals surface area contributed by atoms with Gasteiger partial charge in [-0.3, -0.25) is 9.89 Å². The minimum absolute atomic E-state index is 0.130. The van der Waals surface area contributed by atoms with E-state index in [0.717, 1.165) is 62.2 Å². The second-order valence-electron chi connectivity index (χ2n) is 10.2. The maximum Gasteiger partial charge on any atom is 0.252 e. The van der Waals surface area contributed by atoms with Gasteiger partial charge in [-0.05, 0) is 66.6 Å². The molecule has 1 aliphatic heterocycles. The van der Waals surface area contributed by atoms with E-state index in [1.165, 1.54) is 5.56 Å². The maximum atomic E-state index is 13.7. The van der Waals surface area contributed by atoms with E-state index in [9.17, 15) is 4.79 Å². The van der Waals surface area contributed by atoms with E-state index in [1.54, 1.807) is 19.6 Å². The predicted molar refractivity (Wildman–Crippen MR) is 166 cm³/mol. The summed E-state index contributed by atoms with van der Waals surface area (Å²) in [5.74, 6) is 1.68. The second kappa shape index (κ2) is 10.9. The number of para-hydroxylation sites is 1. The number of aromatic nitrogens is 5. The summed E-state index contributed by atoms with van der Waals surface area (Å²) in [6.45, 7) is 1.27. The van der Waals surface area contributed by atoms with Crippen molar-refractivity contribution in [2.45, 2.75) is 12.3 Å². The van der Waals surface area contributed by atoms with Crippen LogP contribution in [0, 0.1) is 0 Å². The number of anilines is 2. The number of amides is 1. The first-order valence-corrected chi connectivity index (χ1v) is 14.4. The number of nitrogens with one attached hydrogen (secondary N) is 2. The Morgan fingerprint density at radius 3 is 2.79 bits per heavy atom. The highest BCUT2D eigenvalue weighted by Crippen LogP contribution is 2.42. The van der Waals surface area contributed by atoms with Crippen molar-refractivity contribution in [1.82, 2.24) is 30.5 Å². The number of hydrogen-bond acceptors (Lipinski definition) is 7. The third-order valence-corrected chi connectivity index (χ3v) is 8.23. The number of nitrogens with zero attached hydrogens (tertiary/aromatic N) is 5. The van der Waals surface area contributed by atoms with Crippen LogP contribution in [0.15, 0.2) is 89.8 Å². The maximum absolute atomic E-state index is 13.7. The van der Waals surface area contributed by atoms with Crippen molar-refractivity contribution in [3.63, 3.8) is 0 Å². The zero-order valence-corrected chi connectivity index (χ0v) is 24.3. The minimum atomic E-state index is -0.130. The number of methoxy groups -OCH3 is 1. The molecule has 0 bridgehead atoms. The molecule has 0 saturated heterocycles. The standard InChI is InChI=1S/C32H26BrN7O2/c1-42-22-9-6-19(7-10-22)28-15-25(24-14-21(33)8-11-27(24)38-28)32(41)34-13-12-20-17-40(29-5-3-2-4-23(20)29)31-26-16-37-39-30(26)35-18-36-31/h2-11,14-16,18,20H,12-13,17H2,1H3,(H,34,41)(H,35,36,37,39). The second-order valence-corrected chi connectivity index (χ2v) is 11.1. The van der Waals surface area contributed by atoms with Crippen LogP contribution in [0.2, 0.25) is 0 Å². The smallest absolute Gasteiger partial charge is 0.252 e. The van der Waals surface area contributed by atoms with Crippen LogP contribution in [0.4, 0.5) is 11.5 Å². The Kier molecular flexibility index (Phi) is 6.75. The molecule has 42 heavy (non-hydrogen) atoms. The van der Waals surface area contributed by atoms with Gasteiger partial charge < -0.3 is 15.0 Å². The number of carbonyl (C=O) groups is 1. The highest BCUT2D eigenvalue weighted by Gasteiger charge is 2.31. The van der Waals surface area contributed by atoms with E-state index in [1.807, 2.05) is 54.6 Å². The molecule has 7 rings (SSSR count). The number of H-pyrrole nitrogens is 1. The summed E-state index contributed by atoms with van der Waals surface area (Å²) in [7, 11) is 1.64. The number of hydrogen-bond donors (Lipinski definition) is 2. The third-order valence-electron chi connectivity index (χ3n) is 7.73. The Morgan fingerprint density at radius 2 is 1.93 bits per heavy atom. The first-order chi connectivity index (χ1) is 20.6. The number of ether oxygens (including phenoxy) is 1. The molecule has 0 spiro atoms. The summed E-state index contributed by atoms with van der Waals surface area (Å²) < 4.78 is 6.19. The molecular formula is C32H26BrN7O2. The fraction of sp³-hybridized carbons (Fsp3) is 0.156. The van der Waals surface area contributed by atoms with Crippen molar-refractivity contribution in [1.29, 1.82) is 0 Å². The molecule has 3 aromatic heterocycles. The predicted octanol–water partition coefficient (Wildman–Crippen LogP) is 6.39. The molecule has 2 N–H and O–H groups in total. The van der Waals surface area contributed by atoms with Crippen LogP contribution in [0.3, 0.4) is 0 Å². The topological polar surface area (TPSA) is 109 Å². The fourth-order valence-corrected chi connectivity index (χ4v) is 6.02. The molecule has 208 valence electrons. The average molecular weight is 621 g/mol.